The molecule has 0 unspecified atom stereocenters. The lowest BCUT2D eigenvalue weighted by Gasteiger charge is -2.24. The van der Waals surface area contributed by atoms with Crippen molar-refractivity contribution in [2.45, 2.75) is 38.8 Å². The molecule has 0 saturated carbocycles. The number of nitrogens with zero attached hydrogens (tertiary/aromatic N) is 1. The Balaban J connectivity index is 2.10. The number of carboxylic acid groups (broad SMARTS) is 1. The highest BCUT2D eigenvalue weighted by molar-refractivity contribution is 6.00. The standard InChI is InChI=1S/C17H23N3O5/c1-17(2,3)25-16(24)20-7-6-11(9-20)19-13-8-10(15(22)23)4-5-12(13)14(18)21/h4-5,8,11,19H,6-7,9H2,1-3H3,(H2,18,21)(H,22,23)/t11-/m1/s1. The number of ether oxygens (including phenoxy) is 1. The topological polar surface area (TPSA) is 122 Å². The summed E-state index contributed by atoms with van der Waals surface area (Å²) in [5.41, 5.74) is 5.39. The van der Waals surface area contributed by atoms with E-state index < -0.39 is 23.6 Å². The number of hydrogen-bond donors (Lipinski definition) is 3. The zero-order chi connectivity index (χ0) is 18.8. The van der Waals surface area contributed by atoms with Crippen molar-refractivity contribution >= 4 is 23.7 Å². The maximum atomic E-state index is 12.1. The number of nitrogens with one attached hydrogen (secondary N) is 1. The van der Waals surface area contributed by atoms with E-state index in [0.29, 0.717) is 25.2 Å². The molecule has 0 radical (unpaired) electrons. The highest BCUT2D eigenvalue weighted by atomic mass is 16.6. The van der Waals surface area contributed by atoms with Crippen LogP contribution in [0.3, 0.4) is 0 Å². The summed E-state index contributed by atoms with van der Waals surface area (Å²) >= 11 is 0. The molecule has 0 bridgehead atoms. The molecule has 2 rings (SSSR count). The van der Waals surface area contributed by atoms with E-state index in [-0.39, 0.29) is 17.2 Å². The molecule has 0 aliphatic carbocycles. The van der Waals surface area contributed by atoms with E-state index in [2.05, 4.69) is 5.32 Å². The third-order valence-corrected chi connectivity index (χ3v) is 3.73. The van der Waals surface area contributed by atoms with Gasteiger partial charge in [-0.3, -0.25) is 4.79 Å². The summed E-state index contributed by atoms with van der Waals surface area (Å²) in [6.07, 6.45) is 0.251. The Morgan fingerprint density at radius 2 is 2.00 bits per heavy atom. The number of amides is 2. The van der Waals surface area contributed by atoms with E-state index in [4.69, 9.17) is 15.6 Å². The number of primary amides is 1. The van der Waals surface area contributed by atoms with E-state index in [1.165, 1.54) is 18.2 Å². The smallest absolute Gasteiger partial charge is 0.410 e. The van der Waals surface area contributed by atoms with Gasteiger partial charge in [0.1, 0.15) is 5.60 Å². The van der Waals surface area contributed by atoms with E-state index in [1.54, 1.807) is 25.7 Å². The fourth-order valence-electron chi connectivity index (χ4n) is 2.60. The van der Waals surface area contributed by atoms with Crippen LogP contribution in [0.15, 0.2) is 18.2 Å². The molecule has 136 valence electrons. The van der Waals surface area contributed by atoms with Gasteiger partial charge in [0.25, 0.3) is 5.91 Å². The van der Waals surface area contributed by atoms with E-state index in [1.807, 2.05) is 0 Å². The number of carbonyl (C=O) groups excluding carboxylic acids is 2. The first-order chi connectivity index (χ1) is 11.6. The number of carbonyl (C=O) groups is 3. The van der Waals surface area contributed by atoms with Crippen molar-refractivity contribution in [3.05, 3.63) is 29.3 Å². The summed E-state index contributed by atoms with van der Waals surface area (Å²) in [5, 5.41) is 12.2. The zero-order valence-corrected chi connectivity index (χ0v) is 14.5. The molecular weight excluding hydrogens is 326 g/mol. The number of anilines is 1. The Hall–Kier alpha value is -2.77. The van der Waals surface area contributed by atoms with Crippen molar-refractivity contribution in [3.8, 4) is 0 Å². The number of hydrogen-bond acceptors (Lipinski definition) is 5. The minimum absolute atomic E-state index is 0.0505. The average Bonchev–Trinajstić information content (AvgIpc) is 2.93. The molecule has 1 aliphatic rings. The van der Waals surface area contributed by atoms with Gasteiger partial charge >= 0.3 is 12.1 Å². The Labute approximate surface area is 145 Å². The first kappa shape index (κ1) is 18.6. The van der Waals surface area contributed by atoms with Gasteiger partial charge in [0, 0.05) is 24.8 Å². The van der Waals surface area contributed by atoms with Gasteiger partial charge in [-0.25, -0.2) is 9.59 Å². The Kier molecular flexibility index (Phi) is 5.20. The van der Waals surface area contributed by atoms with E-state index >= 15 is 0 Å². The zero-order valence-electron chi connectivity index (χ0n) is 14.5. The highest BCUT2D eigenvalue weighted by Gasteiger charge is 2.30. The molecule has 1 saturated heterocycles. The first-order valence-electron chi connectivity index (χ1n) is 7.98. The second kappa shape index (κ2) is 7.00. The molecule has 1 atom stereocenters. The van der Waals surface area contributed by atoms with Crippen LogP contribution in [-0.4, -0.2) is 52.7 Å². The molecular formula is C17H23N3O5. The number of carboxylic acids is 1. The average molecular weight is 349 g/mol. The monoisotopic (exact) mass is 349 g/mol. The third kappa shape index (κ3) is 4.85. The molecule has 0 aromatic heterocycles. The molecule has 8 nitrogen and oxygen atoms in total. The van der Waals surface area contributed by atoms with E-state index in [9.17, 15) is 14.4 Å². The van der Waals surface area contributed by atoms with Crippen LogP contribution in [0.5, 0.6) is 0 Å². The number of aromatic carboxylic acids is 1. The van der Waals surface area contributed by atoms with Crippen LogP contribution < -0.4 is 11.1 Å². The van der Waals surface area contributed by atoms with Crippen LogP contribution in [-0.2, 0) is 4.74 Å². The second-order valence-corrected chi connectivity index (χ2v) is 6.99. The van der Waals surface area contributed by atoms with Crippen LogP contribution in [0.2, 0.25) is 0 Å². The largest absolute Gasteiger partial charge is 0.478 e. The Bertz CT molecular complexity index is 696. The lowest BCUT2D eigenvalue weighted by molar-refractivity contribution is 0.0293. The minimum atomic E-state index is -1.10. The molecule has 1 aliphatic heterocycles. The van der Waals surface area contributed by atoms with Crippen molar-refractivity contribution in [3.63, 3.8) is 0 Å². The quantitative estimate of drug-likeness (QED) is 0.763. The fraction of sp³-hybridized carbons (Fsp3) is 0.471. The number of nitrogens with two attached hydrogens (primary N) is 1. The van der Waals surface area contributed by atoms with Crippen molar-refractivity contribution in [2.24, 2.45) is 5.73 Å². The van der Waals surface area contributed by atoms with Gasteiger partial charge in [0.05, 0.1) is 11.1 Å². The van der Waals surface area contributed by atoms with Crippen molar-refractivity contribution in [1.82, 2.24) is 4.90 Å². The molecule has 1 heterocycles. The molecule has 4 N–H and O–H groups in total. The SMILES string of the molecule is CC(C)(C)OC(=O)N1CC[C@@H](Nc2cc(C(=O)O)ccc2C(N)=O)C1. The van der Waals surface area contributed by atoms with E-state index in [0.717, 1.165) is 0 Å². The maximum Gasteiger partial charge on any atom is 0.410 e. The predicted molar refractivity (Wildman–Crippen MR) is 91.8 cm³/mol. The number of benzene rings is 1. The lowest BCUT2D eigenvalue weighted by Crippen LogP contribution is -2.36. The maximum absolute atomic E-state index is 12.1. The molecule has 2 amide bonds. The number of likely N-dealkylation sites (tertiary alicyclic amines) is 1. The van der Waals surface area contributed by atoms with Gasteiger partial charge in [0.2, 0.25) is 0 Å². The van der Waals surface area contributed by atoms with Crippen LogP contribution in [0.25, 0.3) is 0 Å². The van der Waals surface area contributed by atoms with Gasteiger partial charge < -0.3 is 25.8 Å². The summed E-state index contributed by atoms with van der Waals surface area (Å²) in [7, 11) is 0. The highest BCUT2D eigenvalue weighted by Crippen LogP contribution is 2.23. The van der Waals surface area contributed by atoms with Gasteiger partial charge in [-0.05, 0) is 45.4 Å². The normalized spacial score (nSPS) is 17.2. The van der Waals surface area contributed by atoms with Gasteiger partial charge in [-0.2, -0.15) is 0 Å². The fourth-order valence-corrected chi connectivity index (χ4v) is 2.60. The molecule has 1 aromatic rings. The van der Waals surface area contributed by atoms with Crippen molar-refractivity contribution in [1.29, 1.82) is 0 Å². The number of rotatable bonds is 4. The van der Waals surface area contributed by atoms with Gasteiger partial charge in [-0.1, -0.05) is 0 Å². The van der Waals surface area contributed by atoms with Gasteiger partial charge in [-0.15, -0.1) is 0 Å². The molecule has 1 fully saturated rings. The summed E-state index contributed by atoms with van der Waals surface area (Å²) < 4.78 is 5.34. The van der Waals surface area contributed by atoms with Gasteiger partial charge in [0.15, 0.2) is 0 Å². The Morgan fingerprint density at radius 1 is 1.32 bits per heavy atom. The predicted octanol–water partition coefficient (Wildman–Crippen LogP) is 1.91. The Morgan fingerprint density at radius 3 is 2.56 bits per heavy atom. The second-order valence-electron chi connectivity index (χ2n) is 6.99. The first-order valence-corrected chi connectivity index (χ1v) is 7.98. The van der Waals surface area contributed by atoms with Crippen LogP contribution in [0.4, 0.5) is 10.5 Å². The van der Waals surface area contributed by atoms with Crippen LogP contribution >= 0.6 is 0 Å². The summed E-state index contributed by atoms with van der Waals surface area (Å²) in [6, 6.07) is 3.96. The third-order valence-electron chi connectivity index (χ3n) is 3.73. The van der Waals surface area contributed by atoms with Crippen molar-refractivity contribution in [2.75, 3.05) is 18.4 Å². The van der Waals surface area contributed by atoms with Crippen LogP contribution in [0.1, 0.15) is 47.9 Å². The molecule has 8 heteroatoms. The van der Waals surface area contributed by atoms with Crippen molar-refractivity contribution < 1.29 is 24.2 Å². The molecule has 1 aromatic carbocycles. The summed E-state index contributed by atoms with van der Waals surface area (Å²) in [5.74, 6) is -1.75. The lowest BCUT2D eigenvalue weighted by atomic mass is 10.1. The summed E-state index contributed by atoms with van der Waals surface area (Å²) in [6.45, 7) is 6.30. The summed E-state index contributed by atoms with van der Waals surface area (Å²) in [4.78, 5) is 36.4. The molecule has 0 spiro atoms. The molecule has 25 heavy (non-hydrogen) atoms. The van der Waals surface area contributed by atoms with Crippen LogP contribution in [0, 0.1) is 0 Å². The minimum Gasteiger partial charge on any atom is -0.478 e.